The number of unbranched alkanes of at least 4 members (excludes halogenated alkanes) is 1. The normalized spacial score (nSPS) is 10.8. The predicted octanol–water partition coefficient (Wildman–Crippen LogP) is 4.81. The molecule has 5 nitrogen and oxygen atoms in total. The van der Waals surface area contributed by atoms with Gasteiger partial charge in [-0.25, -0.2) is 13.6 Å². The first-order valence-corrected chi connectivity index (χ1v) is 10.3. The molecule has 0 saturated carbocycles. The number of benzene rings is 2. The van der Waals surface area contributed by atoms with Crippen molar-refractivity contribution in [1.82, 2.24) is 0 Å². The van der Waals surface area contributed by atoms with Crippen molar-refractivity contribution in [1.29, 1.82) is 0 Å². The Labute approximate surface area is 167 Å². The largest absolute Gasteiger partial charge is 0.454 e. The summed E-state index contributed by atoms with van der Waals surface area (Å²) in [5.74, 6) is 0.775. The van der Waals surface area contributed by atoms with Crippen molar-refractivity contribution in [3.8, 4) is 11.5 Å². The Bertz CT molecular complexity index is 784. The molecule has 138 valence electrons. The molecular formula is C17H22Br2N2O3S. The van der Waals surface area contributed by atoms with E-state index in [1.165, 1.54) is 6.07 Å². The van der Waals surface area contributed by atoms with Crippen molar-refractivity contribution >= 4 is 48.6 Å². The number of ether oxygens (including phenoxy) is 1. The van der Waals surface area contributed by atoms with Gasteiger partial charge in [-0.05, 0) is 36.2 Å². The van der Waals surface area contributed by atoms with Crippen LogP contribution >= 0.6 is 32.9 Å². The van der Waals surface area contributed by atoms with Gasteiger partial charge in [0.15, 0.2) is 5.75 Å². The first-order chi connectivity index (χ1) is 11.5. The SMILES string of the molecule is Br.CCCCNc1cc(CBr)cc(S(N)(=O)=O)c1Oc1ccccc1. The molecule has 0 spiro atoms. The molecule has 0 heterocycles. The van der Waals surface area contributed by atoms with E-state index < -0.39 is 10.0 Å². The maximum atomic E-state index is 12.0. The lowest BCUT2D eigenvalue weighted by Gasteiger charge is -2.17. The molecule has 3 N–H and O–H groups in total. The first kappa shape index (κ1) is 22.0. The summed E-state index contributed by atoms with van der Waals surface area (Å²) in [4.78, 5) is -0.0256. The number of anilines is 1. The van der Waals surface area contributed by atoms with E-state index in [-0.39, 0.29) is 27.6 Å². The van der Waals surface area contributed by atoms with Crippen LogP contribution in [-0.4, -0.2) is 15.0 Å². The molecule has 0 unspecified atom stereocenters. The van der Waals surface area contributed by atoms with Crippen molar-refractivity contribution in [2.24, 2.45) is 5.14 Å². The summed E-state index contributed by atoms with van der Waals surface area (Å²) in [5, 5.41) is 9.18. The van der Waals surface area contributed by atoms with E-state index in [9.17, 15) is 8.42 Å². The second-order valence-electron chi connectivity index (χ2n) is 5.34. The van der Waals surface area contributed by atoms with E-state index in [4.69, 9.17) is 9.88 Å². The minimum absolute atomic E-state index is 0. The van der Waals surface area contributed by atoms with E-state index in [0.29, 0.717) is 16.8 Å². The summed E-state index contributed by atoms with van der Waals surface area (Å²) in [7, 11) is -3.93. The Hall–Kier alpha value is -1.09. The lowest BCUT2D eigenvalue weighted by Crippen LogP contribution is -2.15. The second-order valence-corrected chi connectivity index (χ2v) is 7.44. The number of halogens is 2. The molecule has 0 aliphatic rings. The van der Waals surface area contributed by atoms with E-state index in [0.717, 1.165) is 24.9 Å². The van der Waals surface area contributed by atoms with E-state index >= 15 is 0 Å². The minimum Gasteiger partial charge on any atom is -0.454 e. The monoisotopic (exact) mass is 492 g/mol. The number of hydrogen-bond donors (Lipinski definition) is 2. The van der Waals surface area contributed by atoms with E-state index in [2.05, 4.69) is 28.2 Å². The number of primary sulfonamides is 1. The van der Waals surface area contributed by atoms with Gasteiger partial charge in [-0.2, -0.15) is 0 Å². The van der Waals surface area contributed by atoms with Gasteiger partial charge in [0.25, 0.3) is 0 Å². The molecule has 0 bridgehead atoms. The highest BCUT2D eigenvalue weighted by molar-refractivity contribution is 9.08. The average molecular weight is 494 g/mol. The first-order valence-electron chi connectivity index (χ1n) is 7.68. The second kappa shape index (κ2) is 10.2. The quantitative estimate of drug-likeness (QED) is 0.408. The van der Waals surface area contributed by atoms with Crippen LogP contribution < -0.4 is 15.2 Å². The average Bonchev–Trinajstić information content (AvgIpc) is 2.56. The lowest BCUT2D eigenvalue weighted by molar-refractivity contribution is 0.469. The number of sulfonamides is 1. The molecule has 0 fully saturated rings. The van der Waals surface area contributed by atoms with Crippen molar-refractivity contribution in [2.45, 2.75) is 30.0 Å². The zero-order chi connectivity index (χ0) is 17.6. The van der Waals surface area contributed by atoms with Crippen LogP contribution in [0.1, 0.15) is 25.3 Å². The van der Waals surface area contributed by atoms with E-state index in [1.54, 1.807) is 12.1 Å². The summed E-state index contributed by atoms with van der Waals surface area (Å²) in [6.45, 7) is 2.81. The molecule has 0 aliphatic carbocycles. The van der Waals surface area contributed by atoms with Crippen LogP contribution in [0.5, 0.6) is 11.5 Å². The van der Waals surface area contributed by atoms with Crippen LogP contribution in [0, 0.1) is 0 Å². The van der Waals surface area contributed by atoms with Gasteiger partial charge in [0, 0.05) is 11.9 Å². The molecule has 0 atom stereocenters. The van der Waals surface area contributed by atoms with Gasteiger partial charge in [0.1, 0.15) is 10.6 Å². The predicted molar refractivity (Wildman–Crippen MR) is 111 cm³/mol. The Kier molecular flexibility index (Phi) is 8.92. The summed E-state index contributed by atoms with van der Waals surface area (Å²) in [6.07, 6.45) is 2.00. The number of nitrogens with two attached hydrogens (primary N) is 1. The van der Waals surface area contributed by atoms with Crippen LogP contribution in [0.25, 0.3) is 0 Å². The number of hydrogen-bond acceptors (Lipinski definition) is 4. The molecule has 0 radical (unpaired) electrons. The van der Waals surface area contributed by atoms with Gasteiger partial charge >= 0.3 is 0 Å². The van der Waals surface area contributed by atoms with Crippen molar-refractivity contribution in [3.63, 3.8) is 0 Å². The van der Waals surface area contributed by atoms with Crippen LogP contribution in [0.15, 0.2) is 47.4 Å². The molecule has 0 amide bonds. The molecule has 0 aromatic heterocycles. The van der Waals surface area contributed by atoms with Crippen LogP contribution in [-0.2, 0) is 15.4 Å². The molecule has 2 rings (SSSR count). The fourth-order valence-corrected chi connectivity index (χ4v) is 3.24. The van der Waals surface area contributed by atoms with Gasteiger partial charge in [-0.1, -0.05) is 47.5 Å². The summed E-state index contributed by atoms with van der Waals surface area (Å²) >= 11 is 3.36. The highest BCUT2D eigenvalue weighted by Crippen LogP contribution is 2.37. The highest BCUT2D eigenvalue weighted by Gasteiger charge is 2.21. The number of rotatable bonds is 8. The van der Waals surface area contributed by atoms with Gasteiger partial charge in [0.2, 0.25) is 10.0 Å². The summed E-state index contributed by atoms with van der Waals surface area (Å²) in [6, 6.07) is 12.4. The Morgan fingerprint density at radius 2 is 1.88 bits per heavy atom. The molecule has 25 heavy (non-hydrogen) atoms. The van der Waals surface area contributed by atoms with Crippen LogP contribution in [0.3, 0.4) is 0 Å². The van der Waals surface area contributed by atoms with E-state index in [1.807, 2.05) is 24.3 Å². The van der Waals surface area contributed by atoms with Gasteiger partial charge < -0.3 is 10.1 Å². The third kappa shape index (κ3) is 6.29. The lowest BCUT2D eigenvalue weighted by atomic mass is 10.2. The number of alkyl halides is 1. The Balaban J connectivity index is 0.00000312. The molecular weight excluding hydrogens is 472 g/mol. The van der Waals surface area contributed by atoms with Crippen molar-refractivity contribution < 1.29 is 13.2 Å². The zero-order valence-electron chi connectivity index (χ0n) is 13.9. The molecule has 8 heteroatoms. The Morgan fingerprint density at radius 1 is 1.20 bits per heavy atom. The zero-order valence-corrected chi connectivity index (χ0v) is 18.0. The van der Waals surface area contributed by atoms with Crippen molar-refractivity contribution in [2.75, 3.05) is 11.9 Å². The fourth-order valence-electron chi connectivity index (χ4n) is 2.19. The van der Waals surface area contributed by atoms with Gasteiger partial charge in [-0.15, -0.1) is 17.0 Å². The third-order valence-electron chi connectivity index (χ3n) is 3.38. The third-order valence-corrected chi connectivity index (χ3v) is 4.95. The smallest absolute Gasteiger partial charge is 0.241 e. The number of para-hydroxylation sites is 1. The highest BCUT2D eigenvalue weighted by atomic mass is 79.9. The van der Waals surface area contributed by atoms with Crippen LogP contribution in [0.2, 0.25) is 0 Å². The maximum absolute atomic E-state index is 12.0. The summed E-state index contributed by atoms with van der Waals surface area (Å²) < 4.78 is 30.0. The van der Waals surface area contributed by atoms with Crippen LogP contribution in [0.4, 0.5) is 5.69 Å². The molecule has 2 aromatic carbocycles. The van der Waals surface area contributed by atoms with Gasteiger partial charge in [0.05, 0.1) is 5.69 Å². The fraction of sp³-hybridized carbons (Fsp3) is 0.294. The molecule has 0 saturated heterocycles. The summed E-state index contributed by atoms with van der Waals surface area (Å²) in [5.41, 5.74) is 1.42. The Morgan fingerprint density at radius 3 is 2.44 bits per heavy atom. The van der Waals surface area contributed by atoms with Gasteiger partial charge in [-0.3, -0.25) is 0 Å². The minimum atomic E-state index is -3.93. The molecule has 2 aromatic rings. The van der Waals surface area contributed by atoms with Crippen molar-refractivity contribution in [3.05, 3.63) is 48.0 Å². The molecule has 0 aliphatic heterocycles. The number of nitrogens with one attached hydrogen (secondary N) is 1. The standard InChI is InChI=1S/C17H21BrN2O3S.BrH/c1-2-3-9-20-15-10-13(12-18)11-16(24(19,21)22)17(15)23-14-7-5-4-6-8-14;/h4-8,10-11,20H,2-3,9,12H2,1H3,(H2,19,21,22);1H. The topological polar surface area (TPSA) is 81.4 Å². The maximum Gasteiger partial charge on any atom is 0.241 e.